The Hall–Kier alpha value is -8.66. The van der Waals surface area contributed by atoms with Crippen LogP contribution < -0.4 is 9.80 Å². The van der Waals surface area contributed by atoms with Crippen LogP contribution in [-0.2, 0) is 5.41 Å². The first kappa shape index (κ1) is 36.8. The van der Waals surface area contributed by atoms with Gasteiger partial charge >= 0.3 is 0 Å². The summed E-state index contributed by atoms with van der Waals surface area (Å²) in [5.74, 6) is 0. The van der Waals surface area contributed by atoms with Crippen molar-refractivity contribution < 1.29 is 4.42 Å². The van der Waals surface area contributed by atoms with Crippen molar-refractivity contribution >= 4 is 77.6 Å². The SMILES string of the molecule is c1ccc(N(c2ccccc2)c2ccc3c4c(ccc3c2)-c2cc3c(cc2C42c4ccccc4-c4ccccc42)cc(N(c2ccccc2)c2ccccc2)c2c4ccccc4oc32)cc1. The van der Waals surface area contributed by atoms with Gasteiger partial charge in [0.1, 0.15) is 11.2 Å². The first-order valence-corrected chi connectivity index (χ1v) is 22.8. The van der Waals surface area contributed by atoms with Crippen LogP contribution in [-0.4, -0.2) is 0 Å². The van der Waals surface area contributed by atoms with Crippen molar-refractivity contribution in [1.82, 2.24) is 0 Å². The smallest absolute Gasteiger partial charge is 0.145 e. The Labute approximate surface area is 382 Å². The molecule has 12 aromatic rings. The van der Waals surface area contributed by atoms with Crippen molar-refractivity contribution in [2.45, 2.75) is 5.41 Å². The van der Waals surface area contributed by atoms with E-state index in [2.05, 4.69) is 252 Å². The highest BCUT2D eigenvalue weighted by Crippen LogP contribution is 2.65. The van der Waals surface area contributed by atoms with Gasteiger partial charge in [-0.05, 0) is 146 Å². The van der Waals surface area contributed by atoms with Gasteiger partial charge in [-0.15, -0.1) is 0 Å². The minimum absolute atomic E-state index is 0.576. The van der Waals surface area contributed by atoms with Gasteiger partial charge in [0, 0.05) is 39.2 Å². The second kappa shape index (κ2) is 14.2. The van der Waals surface area contributed by atoms with E-state index in [1.807, 2.05) is 0 Å². The fourth-order valence-corrected chi connectivity index (χ4v) is 11.5. The van der Waals surface area contributed by atoms with Gasteiger partial charge in [-0.2, -0.15) is 0 Å². The summed E-state index contributed by atoms with van der Waals surface area (Å²) in [6.07, 6.45) is 0. The van der Waals surface area contributed by atoms with Crippen LogP contribution in [0.2, 0.25) is 0 Å². The average Bonchev–Trinajstić information content (AvgIpc) is 4.02. The number of hydrogen-bond donors (Lipinski definition) is 0. The molecule has 0 atom stereocenters. The van der Waals surface area contributed by atoms with E-state index >= 15 is 0 Å². The number of anilines is 6. The van der Waals surface area contributed by atoms with Gasteiger partial charge in [-0.3, -0.25) is 0 Å². The molecule has 0 saturated heterocycles. The van der Waals surface area contributed by atoms with Crippen molar-refractivity contribution in [3.05, 3.63) is 265 Å². The van der Waals surface area contributed by atoms with Crippen LogP contribution in [0, 0.1) is 0 Å². The first-order valence-electron chi connectivity index (χ1n) is 22.8. The van der Waals surface area contributed by atoms with Crippen LogP contribution in [0.25, 0.3) is 65.7 Å². The quantitative estimate of drug-likeness (QED) is 0.166. The zero-order valence-corrected chi connectivity index (χ0v) is 35.9. The fourth-order valence-electron chi connectivity index (χ4n) is 11.5. The van der Waals surface area contributed by atoms with Crippen LogP contribution in [0.5, 0.6) is 0 Å². The van der Waals surface area contributed by atoms with Gasteiger partial charge in [0.15, 0.2) is 0 Å². The molecule has 0 aliphatic heterocycles. The Morgan fingerprint density at radius 2 is 0.864 bits per heavy atom. The molecular formula is C63H40N2O. The van der Waals surface area contributed by atoms with Crippen LogP contribution in [0.3, 0.4) is 0 Å². The lowest BCUT2D eigenvalue weighted by atomic mass is 9.69. The van der Waals surface area contributed by atoms with Crippen molar-refractivity contribution in [1.29, 1.82) is 0 Å². The summed E-state index contributed by atoms with van der Waals surface area (Å²) in [7, 11) is 0. The Balaban J connectivity index is 1.09. The molecule has 1 heterocycles. The number of fused-ring (bicyclic) bond motifs is 17. The lowest BCUT2D eigenvalue weighted by Gasteiger charge is -2.32. The van der Waals surface area contributed by atoms with Crippen LogP contribution >= 0.6 is 0 Å². The van der Waals surface area contributed by atoms with Crippen molar-refractivity contribution in [3.8, 4) is 22.3 Å². The molecule has 0 amide bonds. The van der Waals surface area contributed by atoms with Crippen LogP contribution in [0.15, 0.2) is 247 Å². The van der Waals surface area contributed by atoms with E-state index in [0.29, 0.717) is 0 Å². The molecule has 0 N–H and O–H groups in total. The molecule has 11 aromatic carbocycles. The molecule has 0 radical (unpaired) electrons. The summed E-state index contributed by atoms with van der Waals surface area (Å²) in [5, 5.41) is 6.88. The summed E-state index contributed by atoms with van der Waals surface area (Å²) in [4.78, 5) is 4.75. The highest BCUT2D eigenvalue weighted by molar-refractivity contribution is 6.23. The van der Waals surface area contributed by atoms with Crippen molar-refractivity contribution in [3.63, 3.8) is 0 Å². The van der Waals surface area contributed by atoms with E-state index < -0.39 is 5.41 Å². The molecule has 3 heteroatoms. The maximum Gasteiger partial charge on any atom is 0.145 e. The third kappa shape index (κ3) is 5.14. The summed E-state index contributed by atoms with van der Waals surface area (Å²) >= 11 is 0. The number of rotatable bonds is 6. The minimum atomic E-state index is -0.576. The summed E-state index contributed by atoms with van der Waals surface area (Å²) in [6, 6.07) is 88.6. The molecule has 0 unspecified atom stereocenters. The van der Waals surface area contributed by atoms with E-state index in [1.54, 1.807) is 0 Å². The van der Waals surface area contributed by atoms with Crippen LogP contribution in [0.4, 0.5) is 34.1 Å². The number of para-hydroxylation sites is 5. The van der Waals surface area contributed by atoms with Crippen molar-refractivity contribution in [2.24, 2.45) is 0 Å². The Morgan fingerprint density at radius 1 is 0.318 bits per heavy atom. The monoisotopic (exact) mass is 840 g/mol. The van der Waals surface area contributed by atoms with E-state index in [4.69, 9.17) is 4.42 Å². The van der Waals surface area contributed by atoms with Crippen molar-refractivity contribution in [2.75, 3.05) is 9.80 Å². The van der Waals surface area contributed by atoms with Gasteiger partial charge in [0.2, 0.25) is 0 Å². The maximum atomic E-state index is 7.05. The van der Waals surface area contributed by atoms with E-state index in [9.17, 15) is 0 Å². The normalized spacial score (nSPS) is 13.0. The average molecular weight is 841 g/mol. The van der Waals surface area contributed by atoms with E-state index in [0.717, 1.165) is 66.8 Å². The lowest BCUT2D eigenvalue weighted by Crippen LogP contribution is -2.26. The fraction of sp³-hybridized carbons (Fsp3) is 0.0159. The number of nitrogens with zero attached hydrogens (tertiary/aromatic N) is 2. The van der Waals surface area contributed by atoms with Gasteiger partial charge in [0.05, 0.1) is 16.5 Å². The maximum absolute atomic E-state index is 7.05. The zero-order valence-electron chi connectivity index (χ0n) is 35.9. The Kier molecular flexibility index (Phi) is 7.90. The molecule has 0 saturated carbocycles. The number of benzene rings is 11. The molecule has 1 aromatic heterocycles. The van der Waals surface area contributed by atoms with Gasteiger partial charge in [-0.25, -0.2) is 0 Å². The third-order valence-electron chi connectivity index (χ3n) is 14.2. The molecule has 14 rings (SSSR count). The standard InChI is InChI=1S/C63H40N2O/c1-5-19-43(20-6-1)64(44-21-7-2-8-22-44)47-34-36-48-41(37-47)33-35-51-54-40-53-42(38-57(54)63(61(48)51)55-30-16-13-27-49(55)50-28-14-17-31-56(50)63)39-58(60-52-29-15-18-32-59(52)66-62(53)60)65(45-23-9-3-10-24-45)46-25-11-4-12-26-46/h1-40H. The Morgan fingerprint density at radius 3 is 1.48 bits per heavy atom. The predicted octanol–water partition coefficient (Wildman–Crippen LogP) is 17.2. The third-order valence-corrected chi connectivity index (χ3v) is 14.2. The molecule has 2 aliphatic rings. The Bertz CT molecular complexity index is 3750. The summed E-state index contributed by atoms with van der Waals surface area (Å²) in [6.45, 7) is 0. The van der Waals surface area contributed by atoms with Gasteiger partial charge < -0.3 is 14.2 Å². The highest BCUT2D eigenvalue weighted by Gasteiger charge is 2.52. The molecule has 66 heavy (non-hydrogen) atoms. The minimum Gasteiger partial charge on any atom is -0.455 e. The zero-order chi connectivity index (χ0) is 43.3. The van der Waals surface area contributed by atoms with Gasteiger partial charge in [0.25, 0.3) is 0 Å². The number of hydrogen-bond acceptors (Lipinski definition) is 3. The molecule has 2 aliphatic carbocycles. The van der Waals surface area contributed by atoms with Gasteiger partial charge in [-0.1, -0.05) is 158 Å². The number of furan rings is 1. The van der Waals surface area contributed by atoms with E-state index in [1.165, 1.54) is 55.3 Å². The second-order valence-electron chi connectivity index (χ2n) is 17.6. The van der Waals surface area contributed by atoms with E-state index in [-0.39, 0.29) is 0 Å². The van der Waals surface area contributed by atoms with Crippen LogP contribution in [0.1, 0.15) is 22.3 Å². The molecule has 0 fully saturated rings. The summed E-state index contributed by atoms with van der Waals surface area (Å²) in [5.41, 5.74) is 18.1. The topological polar surface area (TPSA) is 19.6 Å². The first-order chi connectivity index (χ1) is 32.8. The molecule has 0 bridgehead atoms. The molecule has 3 nitrogen and oxygen atoms in total. The molecule has 1 spiro atoms. The molecule has 308 valence electrons. The second-order valence-corrected chi connectivity index (χ2v) is 17.6. The lowest BCUT2D eigenvalue weighted by molar-refractivity contribution is 0.672. The largest absolute Gasteiger partial charge is 0.455 e. The highest BCUT2D eigenvalue weighted by atomic mass is 16.3. The molecular weight excluding hydrogens is 801 g/mol. The predicted molar refractivity (Wildman–Crippen MR) is 274 cm³/mol. The summed E-state index contributed by atoms with van der Waals surface area (Å²) < 4.78 is 7.05.